The highest BCUT2D eigenvalue weighted by molar-refractivity contribution is 7.99. The number of nitrogens with zero attached hydrogens (tertiary/aromatic N) is 6. The van der Waals surface area contributed by atoms with Gasteiger partial charge in [0.25, 0.3) is 5.91 Å². The molecule has 0 bridgehead atoms. The van der Waals surface area contributed by atoms with Gasteiger partial charge < -0.3 is 9.88 Å². The molecule has 1 amide bonds. The van der Waals surface area contributed by atoms with Crippen molar-refractivity contribution in [3.63, 3.8) is 0 Å². The molecule has 27 heavy (non-hydrogen) atoms. The lowest BCUT2D eigenvalue weighted by molar-refractivity contribution is 0.0928. The average Bonchev–Trinajstić information content (AvgIpc) is 3.36. The van der Waals surface area contributed by atoms with E-state index in [1.807, 2.05) is 31.2 Å². The molecule has 1 saturated carbocycles. The van der Waals surface area contributed by atoms with Gasteiger partial charge in [-0.05, 0) is 37.8 Å². The van der Waals surface area contributed by atoms with E-state index in [1.54, 1.807) is 29.3 Å². The summed E-state index contributed by atoms with van der Waals surface area (Å²) in [6.45, 7) is 0. The molecule has 9 heteroatoms. The molecule has 0 aliphatic heterocycles. The largest absolute Gasteiger partial charge is 0.349 e. The molecule has 0 saturated heterocycles. The van der Waals surface area contributed by atoms with Crippen LogP contribution >= 0.6 is 11.8 Å². The number of hydrogen-bond donors (Lipinski definition) is 1. The van der Waals surface area contributed by atoms with Crippen LogP contribution in [0.25, 0.3) is 5.82 Å². The Bertz CT molecular complexity index is 883. The smallest absolute Gasteiger partial charge is 0.253 e. The van der Waals surface area contributed by atoms with E-state index in [4.69, 9.17) is 0 Å². The first kappa shape index (κ1) is 17.7. The molecule has 140 valence electrons. The van der Waals surface area contributed by atoms with Crippen LogP contribution in [0.3, 0.4) is 0 Å². The number of nitrogens with one attached hydrogen (secondary N) is 1. The van der Waals surface area contributed by atoms with E-state index < -0.39 is 0 Å². The standard InChI is InChI=1S/C18H21N7OS/c1-24-9-8-20-18(24)27-15-5-3-14(4-6-15)23-17(26)13-2-7-16(21-10-13)25-12-19-11-22-25/h2,7-12,14-15H,3-6H2,1H3,(H,23,26). The van der Waals surface area contributed by atoms with Crippen molar-refractivity contribution in [3.05, 3.63) is 48.9 Å². The molecule has 0 unspecified atom stereocenters. The maximum atomic E-state index is 12.5. The number of imidazole rings is 1. The molecule has 3 aromatic heterocycles. The number of amides is 1. The Morgan fingerprint density at radius 2 is 2.07 bits per heavy atom. The highest BCUT2D eigenvalue weighted by atomic mass is 32.2. The molecule has 1 N–H and O–H groups in total. The molecule has 0 aromatic carbocycles. The summed E-state index contributed by atoms with van der Waals surface area (Å²) >= 11 is 1.83. The Morgan fingerprint density at radius 3 is 2.70 bits per heavy atom. The predicted octanol–water partition coefficient (Wildman–Crippen LogP) is 2.23. The number of carbonyl (C=O) groups is 1. The normalized spacial score (nSPS) is 19.7. The van der Waals surface area contributed by atoms with E-state index in [9.17, 15) is 4.79 Å². The number of aromatic nitrogens is 6. The zero-order valence-electron chi connectivity index (χ0n) is 15.0. The summed E-state index contributed by atoms with van der Waals surface area (Å²) in [5.74, 6) is 0.559. The first-order valence-electron chi connectivity index (χ1n) is 8.95. The van der Waals surface area contributed by atoms with Crippen LogP contribution in [-0.2, 0) is 7.05 Å². The SMILES string of the molecule is Cn1ccnc1SC1CCC(NC(=O)c2ccc(-n3cncn3)nc2)CC1. The van der Waals surface area contributed by atoms with Crippen molar-refractivity contribution >= 4 is 17.7 Å². The Morgan fingerprint density at radius 1 is 1.22 bits per heavy atom. The Hall–Kier alpha value is -2.68. The van der Waals surface area contributed by atoms with Crippen LogP contribution in [0.4, 0.5) is 0 Å². The van der Waals surface area contributed by atoms with Gasteiger partial charge in [0, 0.05) is 36.9 Å². The van der Waals surface area contributed by atoms with Crippen molar-refractivity contribution in [1.29, 1.82) is 0 Å². The molecule has 3 heterocycles. The van der Waals surface area contributed by atoms with Crippen molar-refractivity contribution < 1.29 is 4.79 Å². The minimum Gasteiger partial charge on any atom is -0.349 e. The highest BCUT2D eigenvalue weighted by Crippen LogP contribution is 2.32. The fourth-order valence-corrected chi connectivity index (χ4v) is 4.35. The van der Waals surface area contributed by atoms with E-state index >= 15 is 0 Å². The van der Waals surface area contributed by atoms with E-state index in [0.29, 0.717) is 16.6 Å². The lowest BCUT2D eigenvalue weighted by Crippen LogP contribution is -2.38. The van der Waals surface area contributed by atoms with Gasteiger partial charge in [-0.15, -0.1) is 0 Å². The van der Waals surface area contributed by atoms with Gasteiger partial charge >= 0.3 is 0 Å². The summed E-state index contributed by atoms with van der Waals surface area (Å²) in [5.41, 5.74) is 0.559. The quantitative estimate of drug-likeness (QED) is 0.727. The summed E-state index contributed by atoms with van der Waals surface area (Å²) in [7, 11) is 2.02. The summed E-state index contributed by atoms with van der Waals surface area (Å²) in [6, 6.07) is 3.75. The second-order valence-corrected chi connectivity index (χ2v) is 7.90. The zero-order chi connectivity index (χ0) is 18.6. The van der Waals surface area contributed by atoms with Crippen LogP contribution < -0.4 is 5.32 Å². The van der Waals surface area contributed by atoms with Gasteiger partial charge in [0.2, 0.25) is 0 Å². The van der Waals surface area contributed by atoms with Gasteiger partial charge in [0.15, 0.2) is 11.0 Å². The number of pyridine rings is 1. The van der Waals surface area contributed by atoms with Crippen LogP contribution in [0.2, 0.25) is 0 Å². The highest BCUT2D eigenvalue weighted by Gasteiger charge is 2.24. The van der Waals surface area contributed by atoms with Crippen LogP contribution in [0.15, 0.2) is 48.5 Å². The molecular formula is C18H21N7OS. The zero-order valence-corrected chi connectivity index (χ0v) is 15.8. The van der Waals surface area contributed by atoms with Gasteiger partial charge in [0.1, 0.15) is 12.7 Å². The van der Waals surface area contributed by atoms with Crippen molar-refractivity contribution in [2.24, 2.45) is 7.05 Å². The summed E-state index contributed by atoms with van der Waals surface area (Å²) < 4.78 is 3.61. The number of thioether (sulfide) groups is 1. The fraction of sp³-hybridized carbons (Fsp3) is 0.389. The fourth-order valence-electron chi connectivity index (χ4n) is 3.19. The molecule has 0 spiro atoms. The topological polar surface area (TPSA) is 90.5 Å². The molecule has 8 nitrogen and oxygen atoms in total. The monoisotopic (exact) mass is 383 g/mol. The van der Waals surface area contributed by atoms with Crippen molar-refractivity contribution in [2.45, 2.75) is 42.1 Å². The third kappa shape index (κ3) is 4.19. The molecule has 1 aliphatic carbocycles. The van der Waals surface area contributed by atoms with Gasteiger partial charge in [-0.2, -0.15) is 5.10 Å². The molecule has 4 rings (SSSR count). The number of carbonyl (C=O) groups excluding carboxylic acids is 1. The van der Waals surface area contributed by atoms with Gasteiger partial charge in [-0.1, -0.05) is 11.8 Å². The number of rotatable bonds is 5. The Balaban J connectivity index is 1.28. The molecule has 1 aliphatic rings. The lowest BCUT2D eigenvalue weighted by atomic mass is 9.95. The van der Waals surface area contributed by atoms with Crippen LogP contribution in [0, 0.1) is 0 Å². The summed E-state index contributed by atoms with van der Waals surface area (Å²) in [6.07, 6.45) is 12.5. The average molecular weight is 383 g/mol. The number of hydrogen-bond acceptors (Lipinski definition) is 6. The maximum absolute atomic E-state index is 12.5. The summed E-state index contributed by atoms with van der Waals surface area (Å²) in [5, 5.41) is 8.78. The molecule has 0 radical (unpaired) electrons. The third-order valence-corrected chi connectivity index (χ3v) is 6.13. The van der Waals surface area contributed by atoms with Crippen molar-refractivity contribution in [1.82, 2.24) is 34.6 Å². The van der Waals surface area contributed by atoms with Crippen LogP contribution in [0.1, 0.15) is 36.0 Å². The van der Waals surface area contributed by atoms with E-state index in [2.05, 4.69) is 29.9 Å². The molecule has 0 atom stereocenters. The number of aryl methyl sites for hydroxylation is 1. The van der Waals surface area contributed by atoms with E-state index in [-0.39, 0.29) is 11.9 Å². The van der Waals surface area contributed by atoms with Crippen LogP contribution in [-0.4, -0.2) is 46.5 Å². The van der Waals surface area contributed by atoms with Gasteiger partial charge in [-0.25, -0.2) is 19.6 Å². The van der Waals surface area contributed by atoms with E-state index in [0.717, 1.165) is 30.8 Å². The second-order valence-electron chi connectivity index (χ2n) is 6.63. The first-order chi connectivity index (χ1) is 13.2. The predicted molar refractivity (Wildman–Crippen MR) is 102 cm³/mol. The van der Waals surface area contributed by atoms with Gasteiger partial charge in [-0.3, -0.25) is 4.79 Å². The van der Waals surface area contributed by atoms with E-state index in [1.165, 1.54) is 6.33 Å². The lowest BCUT2D eigenvalue weighted by Gasteiger charge is -2.28. The van der Waals surface area contributed by atoms with Crippen molar-refractivity contribution in [3.8, 4) is 5.82 Å². The minimum atomic E-state index is -0.0761. The third-order valence-electron chi connectivity index (χ3n) is 4.72. The molecule has 1 fully saturated rings. The van der Waals surface area contributed by atoms with Crippen LogP contribution in [0.5, 0.6) is 0 Å². The summed E-state index contributed by atoms with van der Waals surface area (Å²) in [4.78, 5) is 25.0. The Labute approximate surface area is 161 Å². The minimum absolute atomic E-state index is 0.0761. The molecular weight excluding hydrogens is 362 g/mol. The maximum Gasteiger partial charge on any atom is 0.253 e. The second kappa shape index (κ2) is 7.91. The van der Waals surface area contributed by atoms with Crippen molar-refractivity contribution in [2.75, 3.05) is 0 Å². The first-order valence-corrected chi connectivity index (χ1v) is 9.83. The Kier molecular flexibility index (Phi) is 5.19. The van der Waals surface area contributed by atoms with Gasteiger partial charge in [0.05, 0.1) is 5.56 Å². The molecule has 3 aromatic rings.